The van der Waals surface area contributed by atoms with E-state index in [4.69, 9.17) is 4.74 Å². The molecular weight excluding hydrogens is 194 g/mol. The fourth-order valence-corrected chi connectivity index (χ4v) is 1.62. The first-order valence-electron chi connectivity index (χ1n) is 4.71. The molecule has 1 aliphatic heterocycles. The molecule has 0 bridgehead atoms. The highest BCUT2D eigenvalue weighted by atomic mass is 16.6. The van der Waals surface area contributed by atoms with E-state index in [0.29, 0.717) is 0 Å². The molecular formula is C11H11NO3. The minimum Gasteiger partial charge on any atom is -0.441 e. The van der Waals surface area contributed by atoms with E-state index in [2.05, 4.69) is 5.32 Å². The number of ether oxygens (including phenoxy) is 1. The standard InChI is InChI=1S/C11H11NO3/c1-7(13)15-11-9(10(14)12-11)8-5-3-2-4-6-8/h2-6,9,11H,1H3,(H,12,14). The lowest BCUT2D eigenvalue weighted by atomic mass is 9.90. The number of esters is 1. The zero-order valence-corrected chi connectivity index (χ0v) is 8.27. The third-order valence-corrected chi connectivity index (χ3v) is 2.32. The van der Waals surface area contributed by atoms with Crippen LogP contribution >= 0.6 is 0 Å². The molecule has 0 saturated carbocycles. The number of benzene rings is 1. The summed E-state index contributed by atoms with van der Waals surface area (Å²) >= 11 is 0. The Labute approximate surface area is 87.2 Å². The van der Waals surface area contributed by atoms with Crippen molar-refractivity contribution in [2.75, 3.05) is 0 Å². The molecule has 0 aromatic heterocycles. The van der Waals surface area contributed by atoms with Gasteiger partial charge in [0.15, 0.2) is 6.23 Å². The number of hydrogen-bond donors (Lipinski definition) is 1. The lowest BCUT2D eigenvalue weighted by molar-refractivity contribution is -0.161. The Hall–Kier alpha value is -1.84. The quantitative estimate of drug-likeness (QED) is 0.573. The van der Waals surface area contributed by atoms with E-state index < -0.39 is 6.23 Å². The summed E-state index contributed by atoms with van der Waals surface area (Å²) in [5.74, 6) is -0.858. The fourth-order valence-electron chi connectivity index (χ4n) is 1.62. The monoisotopic (exact) mass is 205 g/mol. The van der Waals surface area contributed by atoms with Crippen LogP contribution < -0.4 is 5.32 Å². The Kier molecular flexibility index (Phi) is 2.41. The van der Waals surface area contributed by atoms with E-state index in [1.165, 1.54) is 6.92 Å². The van der Waals surface area contributed by atoms with E-state index in [9.17, 15) is 9.59 Å². The average Bonchev–Trinajstić information content (AvgIpc) is 2.17. The molecule has 1 heterocycles. The van der Waals surface area contributed by atoms with E-state index >= 15 is 0 Å². The molecule has 2 atom stereocenters. The molecule has 1 aromatic carbocycles. The molecule has 1 amide bonds. The highest BCUT2D eigenvalue weighted by Gasteiger charge is 2.42. The molecule has 1 aromatic rings. The number of rotatable bonds is 2. The Balaban J connectivity index is 2.14. The van der Waals surface area contributed by atoms with Crippen LogP contribution in [0.4, 0.5) is 0 Å². The molecule has 78 valence electrons. The van der Waals surface area contributed by atoms with Crippen LogP contribution in [0.25, 0.3) is 0 Å². The van der Waals surface area contributed by atoms with Gasteiger partial charge in [0.1, 0.15) is 5.92 Å². The van der Waals surface area contributed by atoms with Crippen LogP contribution in [0.2, 0.25) is 0 Å². The number of carbonyl (C=O) groups excluding carboxylic acids is 2. The second-order valence-electron chi connectivity index (χ2n) is 3.43. The van der Waals surface area contributed by atoms with Gasteiger partial charge in [0, 0.05) is 6.92 Å². The van der Waals surface area contributed by atoms with Gasteiger partial charge >= 0.3 is 5.97 Å². The van der Waals surface area contributed by atoms with Crippen molar-refractivity contribution in [3.63, 3.8) is 0 Å². The Morgan fingerprint density at radius 1 is 1.33 bits per heavy atom. The summed E-state index contributed by atoms with van der Waals surface area (Å²) in [6.45, 7) is 1.33. The maximum Gasteiger partial charge on any atom is 0.304 e. The molecule has 0 aliphatic carbocycles. The van der Waals surface area contributed by atoms with Gasteiger partial charge in [-0.25, -0.2) is 0 Å². The van der Waals surface area contributed by atoms with E-state index in [-0.39, 0.29) is 17.8 Å². The average molecular weight is 205 g/mol. The van der Waals surface area contributed by atoms with Gasteiger partial charge in [-0.05, 0) is 5.56 Å². The molecule has 0 radical (unpaired) electrons. The van der Waals surface area contributed by atoms with Crippen LogP contribution in [-0.4, -0.2) is 18.1 Å². The molecule has 4 heteroatoms. The van der Waals surface area contributed by atoms with Crippen molar-refractivity contribution in [2.45, 2.75) is 19.1 Å². The largest absolute Gasteiger partial charge is 0.441 e. The first kappa shape index (κ1) is 9.71. The van der Waals surface area contributed by atoms with Crippen molar-refractivity contribution in [3.05, 3.63) is 35.9 Å². The summed E-state index contributed by atoms with van der Waals surface area (Å²) in [6.07, 6.45) is -0.516. The van der Waals surface area contributed by atoms with Crippen LogP contribution in [0.5, 0.6) is 0 Å². The van der Waals surface area contributed by atoms with Crippen molar-refractivity contribution in [1.29, 1.82) is 0 Å². The fraction of sp³-hybridized carbons (Fsp3) is 0.273. The summed E-state index contributed by atoms with van der Waals surface area (Å²) in [5.41, 5.74) is 0.868. The van der Waals surface area contributed by atoms with Crippen LogP contribution in [0.15, 0.2) is 30.3 Å². The normalized spacial score (nSPS) is 23.9. The first-order valence-corrected chi connectivity index (χ1v) is 4.71. The van der Waals surface area contributed by atoms with Crippen LogP contribution in [0.3, 0.4) is 0 Å². The molecule has 1 N–H and O–H groups in total. The van der Waals surface area contributed by atoms with Crippen molar-refractivity contribution >= 4 is 11.9 Å². The van der Waals surface area contributed by atoms with Gasteiger partial charge in [0.2, 0.25) is 5.91 Å². The number of β-lactam (4-membered cyclic amide) rings is 1. The third kappa shape index (κ3) is 1.83. The van der Waals surface area contributed by atoms with Gasteiger partial charge in [0.25, 0.3) is 0 Å². The number of hydrogen-bond acceptors (Lipinski definition) is 3. The van der Waals surface area contributed by atoms with Crippen molar-refractivity contribution < 1.29 is 14.3 Å². The van der Waals surface area contributed by atoms with Crippen molar-refractivity contribution in [1.82, 2.24) is 5.32 Å². The SMILES string of the molecule is CC(=O)OC1NC(=O)C1c1ccccc1. The Bertz CT molecular complexity index is 388. The summed E-state index contributed by atoms with van der Waals surface area (Å²) in [4.78, 5) is 22.1. The number of carbonyl (C=O) groups is 2. The van der Waals surface area contributed by atoms with Gasteiger partial charge in [0.05, 0.1) is 0 Å². The number of amides is 1. The van der Waals surface area contributed by atoms with Gasteiger partial charge < -0.3 is 10.1 Å². The van der Waals surface area contributed by atoms with E-state index in [1.807, 2.05) is 30.3 Å². The first-order chi connectivity index (χ1) is 7.18. The molecule has 1 aliphatic rings. The maximum absolute atomic E-state index is 11.3. The molecule has 2 unspecified atom stereocenters. The second kappa shape index (κ2) is 3.73. The van der Waals surface area contributed by atoms with Gasteiger partial charge in [-0.1, -0.05) is 30.3 Å². The third-order valence-electron chi connectivity index (χ3n) is 2.32. The topological polar surface area (TPSA) is 55.4 Å². The Morgan fingerprint density at radius 2 is 2.00 bits per heavy atom. The summed E-state index contributed by atoms with van der Waals surface area (Å²) in [5, 5.41) is 2.54. The highest BCUT2D eigenvalue weighted by molar-refractivity contribution is 5.91. The predicted octanol–water partition coefficient (Wildman–Crippen LogP) is 0.789. The lowest BCUT2D eigenvalue weighted by Crippen LogP contribution is -2.58. The van der Waals surface area contributed by atoms with E-state index in [0.717, 1.165) is 5.56 Å². The van der Waals surface area contributed by atoms with Gasteiger partial charge in [-0.3, -0.25) is 9.59 Å². The second-order valence-corrected chi connectivity index (χ2v) is 3.43. The van der Waals surface area contributed by atoms with Crippen LogP contribution in [-0.2, 0) is 14.3 Å². The molecule has 1 saturated heterocycles. The van der Waals surface area contributed by atoms with Crippen LogP contribution in [0.1, 0.15) is 18.4 Å². The minimum absolute atomic E-state index is 0.104. The molecule has 2 rings (SSSR count). The lowest BCUT2D eigenvalue weighted by Gasteiger charge is -2.35. The molecule has 1 fully saturated rings. The van der Waals surface area contributed by atoms with E-state index in [1.54, 1.807) is 0 Å². The predicted molar refractivity (Wildman–Crippen MR) is 52.9 cm³/mol. The summed E-state index contributed by atoms with van der Waals surface area (Å²) < 4.78 is 4.95. The van der Waals surface area contributed by atoms with Gasteiger partial charge in [-0.15, -0.1) is 0 Å². The maximum atomic E-state index is 11.3. The zero-order valence-electron chi connectivity index (χ0n) is 8.27. The summed E-state index contributed by atoms with van der Waals surface area (Å²) in [7, 11) is 0. The zero-order chi connectivity index (χ0) is 10.8. The van der Waals surface area contributed by atoms with Crippen LogP contribution in [0, 0.1) is 0 Å². The van der Waals surface area contributed by atoms with Gasteiger partial charge in [-0.2, -0.15) is 0 Å². The highest BCUT2D eigenvalue weighted by Crippen LogP contribution is 2.27. The Morgan fingerprint density at radius 3 is 2.53 bits per heavy atom. The molecule has 4 nitrogen and oxygen atoms in total. The van der Waals surface area contributed by atoms with Crippen molar-refractivity contribution in [3.8, 4) is 0 Å². The molecule has 0 spiro atoms. The summed E-state index contributed by atoms with van der Waals surface area (Å²) in [6, 6.07) is 9.28. The molecule has 15 heavy (non-hydrogen) atoms. The van der Waals surface area contributed by atoms with Crippen molar-refractivity contribution in [2.24, 2.45) is 0 Å². The smallest absolute Gasteiger partial charge is 0.304 e. The minimum atomic E-state index is -0.516. The number of nitrogens with one attached hydrogen (secondary N) is 1.